The van der Waals surface area contributed by atoms with Crippen LogP contribution in [0.3, 0.4) is 0 Å². The van der Waals surface area contributed by atoms with E-state index in [1.807, 2.05) is 0 Å². The third kappa shape index (κ3) is 5.73. The van der Waals surface area contributed by atoms with Gasteiger partial charge in [0, 0.05) is 44.6 Å². The Morgan fingerprint density at radius 1 is 1.30 bits per heavy atom. The molecule has 2 aliphatic rings. The molecule has 1 spiro atoms. The largest absolute Gasteiger partial charge is 0.493 e. The lowest BCUT2D eigenvalue weighted by Crippen LogP contribution is -2.41. The van der Waals surface area contributed by atoms with Crippen LogP contribution in [-0.2, 0) is 4.74 Å². The summed E-state index contributed by atoms with van der Waals surface area (Å²) < 4.78 is 11.6. The minimum absolute atomic E-state index is 0. The van der Waals surface area contributed by atoms with Gasteiger partial charge in [-0.1, -0.05) is 18.2 Å². The number of rotatable bonds is 6. The summed E-state index contributed by atoms with van der Waals surface area (Å²) in [5, 5.41) is 3.45. The number of nitrogens with one attached hydrogen (secondary N) is 1. The smallest absolute Gasteiger partial charge is 0.193 e. The topological polar surface area (TPSA) is 46.1 Å². The molecule has 0 saturated carbocycles. The maximum Gasteiger partial charge on any atom is 0.193 e. The van der Waals surface area contributed by atoms with E-state index >= 15 is 0 Å². The van der Waals surface area contributed by atoms with Crippen LogP contribution >= 0.6 is 24.0 Å². The summed E-state index contributed by atoms with van der Waals surface area (Å²) in [4.78, 5) is 7.24. The van der Waals surface area contributed by atoms with Crippen LogP contribution in [0.1, 0.15) is 37.3 Å². The van der Waals surface area contributed by atoms with Crippen LogP contribution in [0.15, 0.2) is 23.2 Å². The van der Waals surface area contributed by atoms with E-state index in [-0.39, 0.29) is 24.0 Å². The Bertz CT molecular complexity index is 610. The molecule has 2 fully saturated rings. The summed E-state index contributed by atoms with van der Waals surface area (Å²) in [5.74, 6) is 2.06. The van der Waals surface area contributed by atoms with Crippen LogP contribution < -0.4 is 10.1 Å². The summed E-state index contributed by atoms with van der Waals surface area (Å²) in [6.07, 6.45) is 3.32. The van der Waals surface area contributed by atoms with Crippen molar-refractivity contribution in [3.05, 3.63) is 29.3 Å². The first-order valence-electron chi connectivity index (χ1n) is 9.93. The minimum atomic E-state index is 0. The van der Waals surface area contributed by atoms with Crippen molar-refractivity contribution in [2.45, 2.75) is 40.0 Å². The van der Waals surface area contributed by atoms with E-state index in [1.54, 1.807) is 0 Å². The lowest BCUT2D eigenvalue weighted by atomic mass is 9.87. The molecule has 0 bridgehead atoms. The number of hydrogen-bond donors (Lipinski definition) is 1. The zero-order chi connectivity index (χ0) is 18.4. The van der Waals surface area contributed by atoms with Crippen molar-refractivity contribution in [1.29, 1.82) is 0 Å². The molecule has 6 heteroatoms. The van der Waals surface area contributed by atoms with Gasteiger partial charge in [-0.15, -0.1) is 24.0 Å². The van der Waals surface area contributed by atoms with E-state index in [0.29, 0.717) is 12.0 Å². The lowest BCUT2D eigenvalue weighted by Gasteiger charge is -2.25. The first kappa shape index (κ1) is 22.3. The summed E-state index contributed by atoms with van der Waals surface area (Å²) in [7, 11) is 0. The normalized spacial score (nSPS) is 22.2. The van der Waals surface area contributed by atoms with Gasteiger partial charge in [0.1, 0.15) is 5.75 Å². The van der Waals surface area contributed by atoms with Crippen LogP contribution in [-0.4, -0.2) is 56.9 Å². The van der Waals surface area contributed by atoms with Gasteiger partial charge in [0.25, 0.3) is 0 Å². The average Bonchev–Trinajstić information content (AvgIpc) is 3.26. The summed E-state index contributed by atoms with van der Waals surface area (Å²) in [6.45, 7) is 12.7. The van der Waals surface area contributed by atoms with Crippen LogP contribution in [0.2, 0.25) is 0 Å². The van der Waals surface area contributed by atoms with E-state index in [1.165, 1.54) is 24.0 Å². The highest BCUT2D eigenvalue weighted by Crippen LogP contribution is 2.38. The van der Waals surface area contributed by atoms with Gasteiger partial charge in [0.15, 0.2) is 5.96 Å². The molecule has 5 nitrogen and oxygen atoms in total. The van der Waals surface area contributed by atoms with Gasteiger partial charge < -0.3 is 19.7 Å². The molecule has 2 saturated heterocycles. The van der Waals surface area contributed by atoms with Crippen LogP contribution in [0.25, 0.3) is 0 Å². The maximum atomic E-state index is 5.99. The third-order valence-corrected chi connectivity index (χ3v) is 5.48. The number of guanidine groups is 1. The van der Waals surface area contributed by atoms with Crippen molar-refractivity contribution in [3.63, 3.8) is 0 Å². The van der Waals surface area contributed by atoms with Crippen molar-refractivity contribution >= 4 is 29.9 Å². The van der Waals surface area contributed by atoms with E-state index in [9.17, 15) is 0 Å². The molecule has 2 heterocycles. The van der Waals surface area contributed by atoms with E-state index in [0.717, 1.165) is 57.5 Å². The molecule has 1 N–H and O–H groups in total. The standard InChI is InChI=1S/C21H33N3O2.HI/c1-4-22-20(24-12-9-21(15-24)10-14-25-16-21)23-11-6-13-26-19-17(2)7-5-8-18(19)3;/h5,7-8H,4,6,9-16H2,1-3H3,(H,22,23);1H. The van der Waals surface area contributed by atoms with Crippen molar-refractivity contribution in [1.82, 2.24) is 10.2 Å². The Balaban J connectivity index is 0.00000261. The number of nitrogens with zero attached hydrogens (tertiary/aromatic N) is 2. The Labute approximate surface area is 180 Å². The van der Waals surface area contributed by atoms with Crippen LogP contribution in [0.4, 0.5) is 0 Å². The molecule has 2 aliphatic heterocycles. The molecule has 1 aromatic rings. The second-order valence-corrected chi connectivity index (χ2v) is 7.63. The summed E-state index contributed by atoms with van der Waals surface area (Å²) >= 11 is 0. The van der Waals surface area contributed by atoms with E-state index < -0.39 is 0 Å². The number of hydrogen-bond acceptors (Lipinski definition) is 3. The molecule has 1 aromatic carbocycles. The van der Waals surface area contributed by atoms with Gasteiger partial charge >= 0.3 is 0 Å². The van der Waals surface area contributed by atoms with Gasteiger partial charge in [-0.2, -0.15) is 0 Å². The fourth-order valence-corrected chi connectivity index (χ4v) is 3.96. The molecule has 1 unspecified atom stereocenters. The monoisotopic (exact) mass is 487 g/mol. The average molecular weight is 487 g/mol. The number of aryl methyl sites for hydroxylation is 2. The molecule has 152 valence electrons. The molecule has 0 amide bonds. The van der Waals surface area contributed by atoms with E-state index in [2.05, 4.69) is 49.2 Å². The van der Waals surface area contributed by atoms with Gasteiger partial charge in [0.2, 0.25) is 0 Å². The predicted octanol–water partition coefficient (Wildman–Crippen LogP) is 3.77. The van der Waals surface area contributed by atoms with Crippen LogP contribution in [0, 0.1) is 19.3 Å². The van der Waals surface area contributed by atoms with Gasteiger partial charge in [-0.3, -0.25) is 4.99 Å². The first-order chi connectivity index (χ1) is 12.6. The van der Waals surface area contributed by atoms with Crippen LogP contribution in [0.5, 0.6) is 5.75 Å². The van der Waals surface area contributed by atoms with Gasteiger partial charge in [-0.25, -0.2) is 0 Å². The number of ether oxygens (including phenoxy) is 2. The van der Waals surface area contributed by atoms with Crippen molar-refractivity contribution in [2.24, 2.45) is 10.4 Å². The van der Waals surface area contributed by atoms with Crippen molar-refractivity contribution in [3.8, 4) is 5.75 Å². The zero-order valence-corrected chi connectivity index (χ0v) is 19.3. The third-order valence-electron chi connectivity index (χ3n) is 5.48. The highest BCUT2D eigenvalue weighted by atomic mass is 127. The van der Waals surface area contributed by atoms with Gasteiger partial charge in [-0.05, 0) is 44.7 Å². The second kappa shape index (κ2) is 10.5. The van der Waals surface area contributed by atoms with Gasteiger partial charge in [0.05, 0.1) is 13.2 Å². The molecule has 1 atom stereocenters. The molecule has 0 aromatic heterocycles. The van der Waals surface area contributed by atoms with Crippen molar-refractivity contribution in [2.75, 3.05) is 46.0 Å². The molecule has 0 radical (unpaired) electrons. The highest BCUT2D eigenvalue weighted by molar-refractivity contribution is 14.0. The number of para-hydroxylation sites is 1. The quantitative estimate of drug-likeness (QED) is 0.287. The maximum absolute atomic E-state index is 5.99. The number of halogens is 1. The Kier molecular flexibility index (Phi) is 8.66. The molecule has 0 aliphatic carbocycles. The lowest BCUT2D eigenvalue weighted by molar-refractivity contribution is 0.156. The molecular weight excluding hydrogens is 453 g/mol. The Morgan fingerprint density at radius 2 is 2.07 bits per heavy atom. The fraction of sp³-hybridized carbons (Fsp3) is 0.667. The number of aliphatic imine (C=N–C) groups is 1. The number of benzene rings is 1. The first-order valence-corrected chi connectivity index (χ1v) is 9.93. The highest BCUT2D eigenvalue weighted by Gasteiger charge is 2.42. The summed E-state index contributed by atoms with van der Waals surface area (Å²) in [5.41, 5.74) is 2.76. The predicted molar refractivity (Wildman–Crippen MR) is 121 cm³/mol. The Hall–Kier alpha value is -1.02. The Morgan fingerprint density at radius 3 is 2.74 bits per heavy atom. The second-order valence-electron chi connectivity index (χ2n) is 7.63. The minimum Gasteiger partial charge on any atom is -0.493 e. The molecule has 27 heavy (non-hydrogen) atoms. The van der Waals surface area contributed by atoms with E-state index in [4.69, 9.17) is 14.5 Å². The molecule has 3 rings (SSSR count). The SMILES string of the molecule is CCNC(=NCCCOc1c(C)cccc1C)N1CCC2(CCOC2)C1.I. The summed E-state index contributed by atoms with van der Waals surface area (Å²) in [6, 6.07) is 6.27. The zero-order valence-electron chi connectivity index (χ0n) is 16.9. The fourth-order valence-electron chi connectivity index (χ4n) is 3.96. The van der Waals surface area contributed by atoms with Crippen molar-refractivity contribution < 1.29 is 9.47 Å². The molecular formula is C21H34IN3O2. The number of likely N-dealkylation sites (tertiary alicyclic amines) is 1.